The monoisotopic (exact) mass is 244 g/mol. The van der Waals surface area contributed by atoms with Crippen LogP contribution in [0.5, 0.6) is 0 Å². The van der Waals surface area contributed by atoms with Gasteiger partial charge >= 0.3 is 5.97 Å². The highest BCUT2D eigenvalue weighted by Crippen LogP contribution is 2.13. The topological polar surface area (TPSA) is 87.7 Å². The molecule has 6 nitrogen and oxygen atoms in total. The Morgan fingerprint density at radius 1 is 1.47 bits per heavy atom. The fourth-order valence-corrected chi connectivity index (χ4v) is 1.77. The highest BCUT2D eigenvalue weighted by Gasteiger charge is 2.27. The molecule has 1 fully saturated rings. The number of rotatable bonds is 5. The summed E-state index contributed by atoms with van der Waals surface area (Å²) >= 11 is 0. The van der Waals surface area contributed by atoms with E-state index in [0.717, 1.165) is 0 Å². The Kier molecular flexibility index (Phi) is 5.37. The van der Waals surface area contributed by atoms with E-state index in [1.165, 1.54) is 0 Å². The van der Waals surface area contributed by atoms with E-state index in [1.54, 1.807) is 0 Å². The number of amides is 1. The average molecular weight is 244 g/mol. The standard InChI is InChI=1S/C11H20N2O4/c1-7(2)13-10(14)6-17-9-3-8(11(15)16)4-12-5-9/h7-9,12H,3-6H2,1-2H3,(H,13,14)(H,15,16). The van der Waals surface area contributed by atoms with Gasteiger partial charge in [0.15, 0.2) is 0 Å². The molecule has 1 heterocycles. The third-order valence-corrected chi connectivity index (χ3v) is 2.56. The summed E-state index contributed by atoms with van der Waals surface area (Å²) in [5, 5.41) is 14.6. The van der Waals surface area contributed by atoms with Gasteiger partial charge in [-0.25, -0.2) is 0 Å². The van der Waals surface area contributed by atoms with Crippen molar-refractivity contribution >= 4 is 11.9 Å². The van der Waals surface area contributed by atoms with Crippen molar-refractivity contribution in [1.82, 2.24) is 10.6 Å². The van der Waals surface area contributed by atoms with Gasteiger partial charge < -0.3 is 20.5 Å². The van der Waals surface area contributed by atoms with E-state index in [0.29, 0.717) is 19.5 Å². The van der Waals surface area contributed by atoms with Crippen LogP contribution in [0.3, 0.4) is 0 Å². The average Bonchev–Trinajstić information content (AvgIpc) is 2.26. The van der Waals surface area contributed by atoms with Gasteiger partial charge in [0.25, 0.3) is 0 Å². The van der Waals surface area contributed by atoms with Crippen LogP contribution in [0.15, 0.2) is 0 Å². The predicted octanol–water partition coefficient (Wildman–Crippen LogP) is -0.410. The first-order valence-corrected chi connectivity index (χ1v) is 5.83. The number of nitrogens with one attached hydrogen (secondary N) is 2. The van der Waals surface area contributed by atoms with Crippen LogP contribution < -0.4 is 10.6 Å². The minimum absolute atomic E-state index is 0.0170. The Labute approximate surface area is 101 Å². The van der Waals surface area contributed by atoms with Crippen molar-refractivity contribution < 1.29 is 19.4 Å². The fourth-order valence-electron chi connectivity index (χ4n) is 1.77. The number of carboxylic acids is 1. The number of aliphatic carboxylic acids is 1. The molecule has 1 saturated heterocycles. The summed E-state index contributed by atoms with van der Waals surface area (Å²) in [4.78, 5) is 22.1. The molecular formula is C11H20N2O4. The van der Waals surface area contributed by atoms with Crippen LogP contribution in [0, 0.1) is 5.92 Å². The van der Waals surface area contributed by atoms with Gasteiger partial charge in [0.2, 0.25) is 5.91 Å². The summed E-state index contributed by atoms with van der Waals surface area (Å²) < 4.78 is 5.39. The molecule has 0 aromatic rings. The lowest BCUT2D eigenvalue weighted by Crippen LogP contribution is -2.45. The first-order valence-electron chi connectivity index (χ1n) is 5.83. The van der Waals surface area contributed by atoms with E-state index in [-0.39, 0.29) is 24.7 Å². The lowest BCUT2D eigenvalue weighted by atomic mass is 9.98. The predicted molar refractivity (Wildman–Crippen MR) is 61.6 cm³/mol. The van der Waals surface area contributed by atoms with Crippen molar-refractivity contribution in [3.63, 3.8) is 0 Å². The van der Waals surface area contributed by atoms with E-state index < -0.39 is 11.9 Å². The highest BCUT2D eigenvalue weighted by atomic mass is 16.5. The second-order valence-electron chi connectivity index (χ2n) is 4.58. The lowest BCUT2D eigenvalue weighted by molar-refractivity contribution is -0.144. The second-order valence-corrected chi connectivity index (χ2v) is 4.58. The Morgan fingerprint density at radius 2 is 2.18 bits per heavy atom. The Morgan fingerprint density at radius 3 is 2.76 bits per heavy atom. The molecule has 0 spiro atoms. The van der Waals surface area contributed by atoms with Crippen molar-refractivity contribution in [1.29, 1.82) is 0 Å². The summed E-state index contributed by atoms with van der Waals surface area (Å²) in [5.41, 5.74) is 0. The quantitative estimate of drug-likeness (QED) is 0.612. The van der Waals surface area contributed by atoms with Crippen LogP contribution in [0.1, 0.15) is 20.3 Å². The van der Waals surface area contributed by atoms with Gasteiger partial charge in [-0.1, -0.05) is 0 Å². The number of carboxylic acid groups (broad SMARTS) is 1. The van der Waals surface area contributed by atoms with E-state index in [2.05, 4.69) is 10.6 Å². The molecule has 1 aliphatic rings. The maximum atomic E-state index is 11.3. The molecule has 1 amide bonds. The molecule has 2 atom stereocenters. The molecule has 0 aliphatic carbocycles. The fraction of sp³-hybridized carbons (Fsp3) is 0.818. The molecule has 6 heteroatoms. The third-order valence-electron chi connectivity index (χ3n) is 2.56. The zero-order valence-electron chi connectivity index (χ0n) is 10.2. The molecule has 0 radical (unpaired) electrons. The molecule has 1 aliphatic heterocycles. The maximum absolute atomic E-state index is 11.3. The third kappa shape index (κ3) is 5.14. The SMILES string of the molecule is CC(C)NC(=O)COC1CNCC(C(=O)O)C1. The van der Waals surface area contributed by atoms with Gasteiger partial charge in [-0.15, -0.1) is 0 Å². The summed E-state index contributed by atoms with van der Waals surface area (Å²) in [6.45, 7) is 4.80. The lowest BCUT2D eigenvalue weighted by Gasteiger charge is -2.27. The van der Waals surface area contributed by atoms with Crippen molar-refractivity contribution in [2.75, 3.05) is 19.7 Å². The van der Waals surface area contributed by atoms with Crippen molar-refractivity contribution in [2.24, 2.45) is 5.92 Å². The molecule has 98 valence electrons. The van der Waals surface area contributed by atoms with Gasteiger partial charge in [0.1, 0.15) is 6.61 Å². The molecule has 3 N–H and O–H groups in total. The van der Waals surface area contributed by atoms with Crippen LogP contribution in [0.2, 0.25) is 0 Å². The smallest absolute Gasteiger partial charge is 0.307 e. The van der Waals surface area contributed by atoms with Crippen molar-refractivity contribution in [2.45, 2.75) is 32.4 Å². The second kappa shape index (κ2) is 6.56. The van der Waals surface area contributed by atoms with Gasteiger partial charge in [0, 0.05) is 19.1 Å². The zero-order chi connectivity index (χ0) is 12.8. The minimum atomic E-state index is -0.822. The summed E-state index contributed by atoms with van der Waals surface area (Å²) in [6, 6.07) is 0.0855. The number of piperidine rings is 1. The number of carbonyl (C=O) groups excluding carboxylic acids is 1. The number of carbonyl (C=O) groups is 2. The van der Waals surface area contributed by atoms with Gasteiger partial charge in [-0.3, -0.25) is 9.59 Å². The molecular weight excluding hydrogens is 224 g/mol. The van der Waals surface area contributed by atoms with Crippen LogP contribution in [-0.4, -0.2) is 48.8 Å². The van der Waals surface area contributed by atoms with Crippen molar-refractivity contribution in [3.8, 4) is 0 Å². The largest absolute Gasteiger partial charge is 0.481 e. The Balaban J connectivity index is 2.27. The maximum Gasteiger partial charge on any atom is 0.307 e. The van der Waals surface area contributed by atoms with Crippen LogP contribution in [-0.2, 0) is 14.3 Å². The van der Waals surface area contributed by atoms with Gasteiger partial charge in [0.05, 0.1) is 12.0 Å². The molecule has 0 bridgehead atoms. The minimum Gasteiger partial charge on any atom is -0.481 e. The number of hydrogen-bond acceptors (Lipinski definition) is 4. The molecule has 0 saturated carbocycles. The Bertz CT molecular complexity index is 281. The van der Waals surface area contributed by atoms with Crippen molar-refractivity contribution in [3.05, 3.63) is 0 Å². The first kappa shape index (κ1) is 13.9. The van der Waals surface area contributed by atoms with Gasteiger partial charge in [-0.2, -0.15) is 0 Å². The molecule has 0 aromatic carbocycles. The first-order chi connectivity index (χ1) is 7.99. The summed E-state index contributed by atoms with van der Waals surface area (Å²) in [5.74, 6) is -1.42. The Hall–Kier alpha value is -1.14. The molecule has 2 unspecified atom stereocenters. The number of hydrogen-bond donors (Lipinski definition) is 3. The van der Waals surface area contributed by atoms with Crippen LogP contribution >= 0.6 is 0 Å². The van der Waals surface area contributed by atoms with E-state index in [4.69, 9.17) is 9.84 Å². The van der Waals surface area contributed by atoms with E-state index in [1.807, 2.05) is 13.8 Å². The normalized spacial score (nSPS) is 24.6. The van der Waals surface area contributed by atoms with Gasteiger partial charge in [-0.05, 0) is 20.3 Å². The van der Waals surface area contributed by atoms with E-state index in [9.17, 15) is 9.59 Å². The molecule has 17 heavy (non-hydrogen) atoms. The molecule has 1 rings (SSSR count). The summed E-state index contributed by atoms with van der Waals surface area (Å²) in [7, 11) is 0. The van der Waals surface area contributed by atoms with E-state index >= 15 is 0 Å². The molecule has 0 aromatic heterocycles. The highest BCUT2D eigenvalue weighted by molar-refractivity contribution is 5.77. The number of ether oxygens (including phenoxy) is 1. The van der Waals surface area contributed by atoms with Crippen LogP contribution in [0.25, 0.3) is 0 Å². The van der Waals surface area contributed by atoms with Crippen LogP contribution in [0.4, 0.5) is 0 Å². The summed E-state index contributed by atoms with van der Waals surface area (Å²) in [6.07, 6.45) is 0.250. The zero-order valence-corrected chi connectivity index (χ0v) is 10.2.